The molecular formula is C10H9BrN2O4. The van der Waals surface area contributed by atoms with Gasteiger partial charge in [-0.3, -0.25) is 4.63 Å². The van der Waals surface area contributed by atoms with Crippen molar-refractivity contribution in [1.82, 2.24) is 5.16 Å². The zero-order valence-corrected chi connectivity index (χ0v) is 10.7. The van der Waals surface area contributed by atoms with Crippen molar-refractivity contribution in [2.45, 2.75) is 18.4 Å². The summed E-state index contributed by atoms with van der Waals surface area (Å²) in [5, 5.41) is 14.7. The molecule has 0 radical (unpaired) electrons. The summed E-state index contributed by atoms with van der Waals surface area (Å²) in [5.41, 5.74) is 0.560. The van der Waals surface area contributed by atoms with Crippen molar-refractivity contribution in [3.05, 3.63) is 29.0 Å². The third kappa shape index (κ3) is 2.38. The van der Waals surface area contributed by atoms with E-state index in [-0.39, 0.29) is 21.5 Å². The summed E-state index contributed by atoms with van der Waals surface area (Å²) in [6.45, 7) is 3.36. The smallest absolute Gasteiger partial charge is 0.344 e. The first-order valence-electron chi connectivity index (χ1n) is 4.79. The number of carbonyl (C=O) groups excluding carboxylic acids is 1. The first-order valence-corrected chi connectivity index (χ1v) is 5.58. The minimum absolute atomic E-state index is 0.184. The van der Waals surface area contributed by atoms with Crippen molar-refractivity contribution in [3.8, 4) is 0 Å². The number of halogens is 1. The summed E-state index contributed by atoms with van der Waals surface area (Å²) in [5.74, 6) is -0.577. The topological polar surface area (TPSA) is 79.3 Å². The van der Waals surface area contributed by atoms with Gasteiger partial charge in [-0.05, 0) is 46.8 Å². The normalized spacial score (nSPS) is 11.7. The number of aromatic nitrogens is 2. The van der Waals surface area contributed by atoms with Gasteiger partial charge < -0.3 is 9.94 Å². The summed E-state index contributed by atoms with van der Waals surface area (Å²) in [6, 6.07) is 4.59. The van der Waals surface area contributed by atoms with Crippen LogP contribution in [-0.4, -0.2) is 15.6 Å². The first kappa shape index (κ1) is 11.8. The number of hydrogen-bond donors (Lipinski definition) is 0. The molecule has 0 bridgehead atoms. The molecule has 17 heavy (non-hydrogen) atoms. The van der Waals surface area contributed by atoms with Crippen LogP contribution < -0.4 is 4.90 Å². The van der Waals surface area contributed by atoms with E-state index in [1.165, 1.54) is 12.1 Å². The Bertz CT molecular complexity index is 573. The van der Waals surface area contributed by atoms with Crippen molar-refractivity contribution < 1.29 is 19.1 Å². The van der Waals surface area contributed by atoms with Gasteiger partial charge in [0.1, 0.15) is 5.56 Å². The second-order valence-corrected chi connectivity index (χ2v) is 5.77. The number of fused-ring (bicyclic) bond motifs is 1. The lowest BCUT2D eigenvalue weighted by Gasteiger charge is -2.16. The van der Waals surface area contributed by atoms with Crippen LogP contribution in [0.5, 0.6) is 0 Å². The molecule has 1 aromatic carbocycles. The first-order chi connectivity index (χ1) is 7.88. The number of hydrogen-bond acceptors (Lipinski definition) is 5. The van der Waals surface area contributed by atoms with E-state index in [1.54, 1.807) is 19.9 Å². The summed E-state index contributed by atoms with van der Waals surface area (Å²) >= 11 is 3.19. The molecular weight excluding hydrogens is 292 g/mol. The van der Waals surface area contributed by atoms with Gasteiger partial charge in [0.2, 0.25) is 5.52 Å². The maximum atomic E-state index is 11.8. The highest BCUT2D eigenvalue weighted by Gasteiger charge is 2.25. The van der Waals surface area contributed by atoms with E-state index in [1.807, 2.05) is 0 Å². The van der Waals surface area contributed by atoms with Gasteiger partial charge in [0.15, 0.2) is 4.51 Å². The SMILES string of the molecule is CC(C)(Br)OC(=O)c1cccc2c1no[n+]2[O-]. The molecule has 0 spiro atoms. The molecule has 2 aromatic rings. The van der Waals surface area contributed by atoms with Crippen molar-refractivity contribution in [3.63, 3.8) is 0 Å². The number of ether oxygens (including phenoxy) is 1. The lowest BCUT2D eigenvalue weighted by molar-refractivity contribution is -0.782. The molecule has 2 rings (SSSR count). The Labute approximate surface area is 105 Å². The molecule has 90 valence electrons. The molecule has 0 aliphatic rings. The van der Waals surface area contributed by atoms with Crippen LogP contribution in [0.3, 0.4) is 0 Å². The summed E-state index contributed by atoms with van der Waals surface area (Å²) in [7, 11) is 0. The Balaban J connectivity index is 2.45. The lowest BCUT2D eigenvalue weighted by atomic mass is 10.2. The van der Waals surface area contributed by atoms with Crippen molar-refractivity contribution in [2.75, 3.05) is 0 Å². The van der Waals surface area contributed by atoms with Gasteiger partial charge in [0.25, 0.3) is 5.52 Å². The fourth-order valence-corrected chi connectivity index (χ4v) is 1.48. The quantitative estimate of drug-likeness (QED) is 0.479. The highest BCUT2D eigenvalue weighted by molar-refractivity contribution is 9.10. The molecule has 0 amide bonds. The summed E-state index contributed by atoms with van der Waals surface area (Å²) in [4.78, 5) is 12.1. The minimum Gasteiger partial charge on any atom is -0.444 e. The van der Waals surface area contributed by atoms with E-state index in [4.69, 9.17) is 4.74 Å². The number of rotatable bonds is 2. The number of carbonyl (C=O) groups is 1. The maximum Gasteiger partial charge on any atom is 0.344 e. The standard InChI is InChI=1S/C10H9BrN2O4/c1-10(2,11)16-9(14)6-4-3-5-7-8(6)12-17-13(7)15/h3-5H,1-2H3. The van der Waals surface area contributed by atoms with E-state index < -0.39 is 10.5 Å². The van der Waals surface area contributed by atoms with E-state index in [0.29, 0.717) is 0 Å². The van der Waals surface area contributed by atoms with E-state index >= 15 is 0 Å². The molecule has 0 fully saturated rings. The summed E-state index contributed by atoms with van der Waals surface area (Å²) in [6.07, 6.45) is 0. The molecule has 1 aromatic heterocycles. The van der Waals surface area contributed by atoms with Gasteiger partial charge in [0, 0.05) is 5.16 Å². The highest BCUT2D eigenvalue weighted by Crippen LogP contribution is 2.22. The maximum absolute atomic E-state index is 11.8. The lowest BCUT2D eigenvalue weighted by Crippen LogP contribution is -2.23. The van der Waals surface area contributed by atoms with Crippen LogP contribution in [0.15, 0.2) is 22.8 Å². The highest BCUT2D eigenvalue weighted by atomic mass is 79.9. The molecule has 0 atom stereocenters. The second kappa shape index (κ2) is 3.99. The van der Waals surface area contributed by atoms with Gasteiger partial charge in [-0.15, -0.1) is 0 Å². The molecule has 0 saturated carbocycles. The molecule has 7 heteroatoms. The van der Waals surface area contributed by atoms with Gasteiger partial charge in [-0.1, -0.05) is 6.07 Å². The van der Waals surface area contributed by atoms with Crippen LogP contribution in [-0.2, 0) is 4.74 Å². The van der Waals surface area contributed by atoms with Gasteiger partial charge >= 0.3 is 5.97 Å². The Hall–Kier alpha value is -1.63. The molecule has 1 heterocycles. The molecule has 0 saturated heterocycles. The van der Waals surface area contributed by atoms with Crippen molar-refractivity contribution >= 4 is 32.9 Å². The van der Waals surface area contributed by atoms with E-state index in [9.17, 15) is 10.0 Å². The average molecular weight is 301 g/mol. The average Bonchev–Trinajstić information content (AvgIpc) is 2.58. The van der Waals surface area contributed by atoms with Crippen LogP contribution in [0.1, 0.15) is 24.2 Å². The number of esters is 1. The van der Waals surface area contributed by atoms with Crippen LogP contribution in [0, 0.1) is 5.21 Å². The molecule has 0 unspecified atom stereocenters. The number of alkyl halides is 1. The number of nitrogens with zero attached hydrogens (tertiary/aromatic N) is 2. The molecule has 6 nitrogen and oxygen atoms in total. The van der Waals surface area contributed by atoms with Gasteiger partial charge in [0.05, 0.1) is 0 Å². The van der Waals surface area contributed by atoms with Crippen molar-refractivity contribution in [2.24, 2.45) is 0 Å². The monoisotopic (exact) mass is 300 g/mol. The second-order valence-electron chi connectivity index (χ2n) is 3.86. The van der Waals surface area contributed by atoms with Gasteiger partial charge in [-0.2, -0.15) is 0 Å². The predicted octanol–water partition coefficient (Wildman–Crippen LogP) is 1.75. The van der Waals surface area contributed by atoms with E-state index in [2.05, 4.69) is 25.7 Å². The van der Waals surface area contributed by atoms with Crippen LogP contribution >= 0.6 is 15.9 Å². The zero-order chi connectivity index (χ0) is 12.6. The third-order valence-electron chi connectivity index (χ3n) is 1.97. The Morgan fingerprint density at radius 1 is 1.59 bits per heavy atom. The third-order valence-corrected chi connectivity index (χ3v) is 2.13. The number of benzene rings is 1. The Morgan fingerprint density at radius 2 is 2.29 bits per heavy atom. The minimum atomic E-state index is -0.788. The zero-order valence-electron chi connectivity index (χ0n) is 9.14. The van der Waals surface area contributed by atoms with Crippen molar-refractivity contribution in [1.29, 1.82) is 0 Å². The Kier molecular flexibility index (Phi) is 2.78. The Morgan fingerprint density at radius 3 is 2.94 bits per heavy atom. The van der Waals surface area contributed by atoms with Crippen LogP contribution in [0.2, 0.25) is 0 Å². The van der Waals surface area contributed by atoms with Crippen LogP contribution in [0.4, 0.5) is 0 Å². The van der Waals surface area contributed by atoms with E-state index in [0.717, 1.165) is 0 Å². The summed E-state index contributed by atoms with van der Waals surface area (Å²) < 4.78 is 8.77. The largest absolute Gasteiger partial charge is 0.444 e. The van der Waals surface area contributed by atoms with Gasteiger partial charge in [-0.25, -0.2) is 4.79 Å². The fourth-order valence-electron chi connectivity index (χ4n) is 1.34. The molecule has 0 N–H and O–H groups in total. The molecule has 0 aliphatic heterocycles. The fraction of sp³-hybridized carbons (Fsp3) is 0.300. The molecule has 0 aliphatic carbocycles. The predicted molar refractivity (Wildman–Crippen MR) is 61.4 cm³/mol. The van der Waals surface area contributed by atoms with Crippen LogP contribution in [0.25, 0.3) is 11.0 Å².